The van der Waals surface area contributed by atoms with Gasteiger partial charge in [0, 0.05) is 32.4 Å². The Hall–Kier alpha value is -2.80. The maximum atomic E-state index is 12.3. The third-order valence-corrected chi connectivity index (χ3v) is 5.81. The number of aliphatic carboxylic acids is 1. The predicted octanol–water partition coefficient (Wildman–Crippen LogP) is 0.548. The normalized spacial score (nSPS) is 31.7. The molecule has 0 aromatic carbocycles. The number of Topliss-reactive ketones (excluding diaryl/α,β-unsaturated/α-hetero) is 1. The quantitative estimate of drug-likeness (QED) is 0.690. The Morgan fingerprint density at radius 3 is 2.85 bits per heavy atom. The number of ketones is 1. The Morgan fingerprint density at radius 2 is 2.07 bits per heavy atom. The molecule has 5 rings (SSSR count). The number of nitrogens with zero attached hydrogens (tertiary/aromatic N) is 2. The van der Waals surface area contributed by atoms with E-state index in [0.717, 1.165) is 43.2 Å². The van der Waals surface area contributed by atoms with Gasteiger partial charge < -0.3 is 25.0 Å². The maximum Gasteiger partial charge on any atom is 0.339 e. The van der Waals surface area contributed by atoms with Gasteiger partial charge in [-0.05, 0) is 23.8 Å². The summed E-state index contributed by atoms with van der Waals surface area (Å²) in [5, 5.41) is 12.7. The van der Waals surface area contributed by atoms with Crippen molar-refractivity contribution >= 4 is 11.8 Å². The monoisotopic (exact) mass is 367 g/mol. The van der Waals surface area contributed by atoms with E-state index in [-0.39, 0.29) is 36.0 Å². The Balaban J connectivity index is 1.58. The zero-order valence-corrected chi connectivity index (χ0v) is 14.8. The van der Waals surface area contributed by atoms with Crippen LogP contribution in [0.3, 0.4) is 0 Å². The molecule has 3 heterocycles. The minimum atomic E-state index is -1.17. The number of carbonyl (C=O) groups excluding carboxylic acids is 1. The van der Waals surface area contributed by atoms with Gasteiger partial charge in [-0.3, -0.25) is 4.79 Å². The third kappa shape index (κ3) is 2.53. The Bertz CT molecular complexity index is 860. The minimum absolute atomic E-state index is 0.0781. The highest BCUT2D eigenvalue weighted by atomic mass is 16.5. The molecule has 2 N–H and O–H groups in total. The van der Waals surface area contributed by atoms with Crippen LogP contribution in [0.4, 0.5) is 0 Å². The SMILES string of the molecule is O=C(O)C1=CC2C(CC1=O)OC1=C(N3CCNCC3)C=CC3=CC=CN2C31. The minimum Gasteiger partial charge on any atom is -0.487 e. The molecule has 7 heteroatoms. The highest BCUT2D eigenvalue weighted by molar-refractivity contribution is 6.17. The van der Waals surface area contributed by atoms with Gasteiger partial charge in [0.05, 0.1) is 18.2 Å². The van der Waals surface area contributed by atoms with E-state index in [9.17, 15) is 14.7 Å². The lowest BCUT2D eigenvalue weighted by atomic mass is 9.84. The number of carbonyl (C=O) groups is 2. The summed E-state index contributed by atoms with van der Waals surface area (Å²) in [6.45, 7) is 3.67. The van der Waals surface area contributed by atoms with Crippen LogP contribution in [0.15, 0.2) is 59.2 Å². The van der Waals surface area contributed by atoms with Crippen LogP contribution in [0.1, 0.15) is 6.42 Å². The summed E-state index contributed by atoms with van der Waals surface area (Å²) in [5.74, 6) is -0.660. The van der Waals surface area contributed by atoms with Crippen molar-refractivity contribution in [3.05, 3.63) is 59.2 Å². The Labute approximate surface area is 156 Å². The summed E-state index contributed by atoms with van der Waals surface area (Å²) >= 11 is 0. The number of hydrogen-bond acceptors (Lipinski definition) is 6. The molecular formula is C20H21N3O4. The van der Waals surface area contributed by atoms with Crippen molar-refractivity contribution in [2.45, 2.75) is 24.6 Å². The number of morpholine rings is 1. The second-order valence-corrected chi connectivity index (χ2v) is 7.34. The number of carboxylic acids is 1. The molecule has 0 aromatic rings. The number of hydrogen-bond donors (Lipinski definition) is 2. The molecule has 0 bridgehead atoms. The van der Waals surface area contributed by atoms with E-state index in [1.54, 1.807) is 6.08 Å². The molecule has 3 atom stereocenters. The van der Waals surface area contributed by atoms with Gasteiger partial charge in [0.2, 0.25) is 0 Å². The van der Waals surface area contributed by atoms with Gasteiger partial charge in [-0.2, -0.15) is 0 Å². The number of rotatable bonds is 2. The Kier molecular flexibility index (Phi) is 3.72. The van der Waals surface area contributed by atoms with E-state index in [1.165, 1.54) is 0 Å². The summed E-state index contributed by atoms with van der Waals surface area (Å²) in [5.41, 5.74) is 2.05. The molecule has 3 aliphatic heterocycles. The molecule has 2 aliphatic carbocycles. The largest absolute Gasteiger partial charge is 0.487 e. The molecule has 7 nitrogen and oxygen atoms in total. The van der Waals surface area contributed by atoms with Crippen LogP contribution in [0, 0.1) is 0 Å². The standard InChI is InChI=1S/C20H21N3O4/c24-16-11-17-15(10-13(16)20(25)26)23-7-1-2-12-3-4-14(19(27-17)18(12)23)22-8-5-21-6-9-22/h1-4,7,10,15,17-18,21H,5-6,8-9,11H2,(H,25,26). The van der Waals surface area contributed by atoms with Crippen LogP contribution < -0.4 is 5.32 Å². The fourth-order valence-electron chi connectivity index (χ4n) is 4.52. The number of piperazine rings is 1. The highest BCUT2D eigenvalue weighted by Gasteiger charge is 2.47. The molecule has 0 radical (unpaired) electrons. The summed E-state index contributed by atoms with van der Waals surface area (Å²) in [6.07, 6.45) is 11.5. The average molecular weight is 367 g/mol. The second kappa shape index (κ2) is 6.13. The van der Waals surface area contributed by atoms with Crippen LogP contribution in [0.5, 0.6) is 0 Å². The maximum absolute atomic E-state index is 12.3. The van der Waals surface area contributed by atoms with Gasteiger partial charge in [-0.1, -0.05) is 12.2 Å². The third-order valence-electron chi connectivity index (χ3n) is 5.81. The van der Waals surface area contributed by atoms with E-state index in [1.807, 2.05) is 12.3 Å². The molecule has 3 unspecified atom stereocenters. The van der Waals surface area contributed by atoms with Gasteiger partial charge in [0.15, 0.2) is 5.78 Å². The van der Waals surface area contributed by atoms with Crippen molar-refractivity contribution in [1.29, 1.82) is 0 Å². The summed E-state index contributed by atoms with van der Waals surface area (Å²) in [6, 6.07) is -0.344. The summed E-state index contributed by atoms with van der Waals surface area (Å²) in [4.78, 5) is 28.2. The van der Waals surface area contributed by atoms with Crippen molar-refractivity contribution in [1.82, 2.24) is 15.1 Å². The first-order chi connectivity index (χ1) is 13.1. The molecule has 0 spiro atoms. The summed E-state index contributed by atoms with van der Waals surface area (Å²) < 4.78 is 6.39. The van der Waals surface area contributed by atoms with Crippen LogP contribution in [0.25, 0.3) is 0 Å². The number of ether oxygens (including phenoxy) is 1. The van der Waals surface area contributed by atoms with Crippen molar-refractivity contribution < 1.29 is 19.4 Å². The van der Waals surface area contributed by atoms with Crippen molar-refractivity contribution in [2.75, 3.05) is 26.2 Å². The van der Waals surface area contributed by atoms with Gasteiger partial charge >= 0.3 is 5.97 Å². The highest BCUT2D eigenvalue weighted by Crippen LogP contribution is 2.42. The predicted molar refractivity (Wildman–Crippen MR) is 97.5 cm³/mol. The lowest BCUT2D eigenvalue weighted by Gasteiger charge is -2.51. The lowest BCUT2D eigenvalue weighted by molar-refractivity contribution is -0.136. The second-order valence-electron chi connectivity index (χ2n) is 7.34. The molecule has 0 aromatic heterocycles. The van der Waals surface area contributed by atoms with Crippen LogP contribution in [-0.2, 0) is 14.3 Å². The molecule has 140 valence electrons. The zero-order chi connectivity index (χ0) is 18.5. The summed E-state index contributed by atoms with van der Waals surface area (Å²) in [7, 11) is 0. The van der Waals surface area contributed by atoms with E-state index in [4.69, 9.17) is 4.74 Å². The van der Waals surface area contributed by atoms with Crippen molar-refractivity contribution in [3.8, 4) is 0 Å². The van der Waals surface area contributed by atoms with Crippen LogP contribution >= 0.6 is 0 Å². The number of nitrogens with one attached hydrogen (secondary N) is 1. The van der Waals surface area contributed by atoms with Gasteiger partial charge in [-0.15, -0.1) is 0 Å². The van der Waals surface area contributed by atoms with Crippen LogP contribution in [-0.4, -0.2) is 71.0 Å². The lowest BCUT2D eigenvalue weighted by Crippen LogP contribution is -2.57. The average Bonchev–Trinajstić information content (AvgIpc) is 2.68. The zero-order valence-electron chi connectivity index (χ0n) is 14.8. The molecule has 5 aliphatic rings. The first-order valence-electron chi connectivity index (χ1n) is 9.32. The van der Waals surface area contributed by atoms with Crippen LogP contribution in [0.2, 0.25) is 0 Å². The van der Waals surface area contributed by atoms with Gasteiger partial charge in [-0.25, -0.2) is 4.79 Å². The number of carboxylic acid groups (broad SMARTS) is 1. The van der Waals surface area contributed by atoms with Gasteiger partial charge in [0.1, 0.15) is 23.5 Å². The first kappa shape index (κ1) is 16.4. The van der Waals surface area contributed by atoms with Crippen molar-refractivity contribution in [3.63, 3.8) is 0 Å². The van der Waals surface area contributed by atoms with E-state index in [0.29, 0.717) is 0 Å². The Morgan fingerprint density at radius 1 is 1.26 bits per heavy atom. The molecular weight excluding hydrogens is 346 g/mol. The smallest absolute Gasteiger partial charge is 0.339 e. The number of fused-ring (bicyclic) bond motifs is 2. The first-order valence-corrected chi connectivity index (χ1v) is 9.32. The molecule has 2 fully saturated rings. The van der Waals surface area contributed by atoms with E-state index >= 15 is 0 Å². The number of allylic oxidation sites excluding steroid dienone is 3. The van der Waals surface area contributed by atoms with E-state index in [2.05, 4.69) is 33.3 Å². The molecule has 0 amide bonds. The van der Waals surface area contributed by atoms with Gasteiger partial charge in [0.25, 0.3) is 0 Å². The molecule has 0 saturated carbocycles. The topological polar surface area (TPSA) is 82.1 Å². The molecule has 2 saturated heterocycles. The van der Waals surface area contributed by atoms with E-state index < -0.39 is 5.97 Å². The van der Waals surface area contributed by atoms with Crippen molar-refractivity contribution in [2.24, 2.45) is 0 Å². The fourth-order valence-corrected chi connectivity index (χ4v) is 4.52. The fraction of sp³-hybridized carbons (Fsp3) is 0.400. The molecule has 27 heavy (non-hydrogen) atoms.